The maximum Gasteiger partial charge on any atom is 0.435 e. The lowest BCUT2D eigenvalue weighted by molar-refractivity contribution is -0.141. The molecule has 0 bridgehead atoms. The highest BCUT2D eigenvalue weighted by atomic mass is 35.5. The van der Waals surface area contributed by atoms with Gasteiger partial charge in [0.2, 0.25) is 5.91 Å². The molecule has 0 aliphatic rings. The molecule has 3 aromatic rings. The Morgan fingerprint density at radius 1 is 1.18 bits per heavy atom. The zero-order chi connectivity index (χ0) is 20.5. The van der Waals surface area contributed by atoms with E-state index < -0.39 is 24.3 Å². The lowest BCUT2D eigenvalue weighted by atomic mass is 10.2. The highest BCUT2D eigenvalue weighted by Gasteiger charge is 2.34. The first-order valence-corrected chi connectivity index (χ1v) is 8.76. The zero-order valence-electron chi connectivity index (χ0n) is 14.5. The number of hydrogen-bond donors (Lipinski definition) is 1. The molecule has 1 amide bonds. The van der Waals surface area contributed by atoms with Crippen molar-refractivity contribution in [1.82, 2.24) is 19.6 Å². The number of aromatic nitrogens is 4. The molecule has 0 spiro atoms. The smallest absolute Gasteiger partial charge is 0.306 e. The number of halogens is 5. The molecule has 0 fully saturated rings. The molecule has 2 aromatic heterocycles. The Hall–Kier alpha value is -2.52. The van der Waals surface area contributed by atoms with Crippen LogP contribution in [0.5, 0.6) is 0 Å². The minimum absolute atomic E-state index is 0.112. The van der Waals surface area contributed by atoms with Crippen LogP contribution in [-0.2, 0) is 24.1 Å². The molecule has 2 heterocycles. The van der Waals surface area contributed by atoms with Gasteiger partial charge in [-0.3, -0.25) is 14.2 Å². The Bertz CT molecular complexity index is 995. The minimum Gasteiger partial charge on any atom is -0.306 e. The Morgan fingerprint density at radius 3 is 2.46 bits per heavy atom. The van der Waals surface area contributed by atoms with Crippen LogP contribution in [0.3, 0.4) is 0 Å². The molecule has 0 radical (unpaired) electrons. The maximum atomic E-state index is 12.7. The van der Waals surface area contributed by atoms with Crippen molar-refractivity contribution in [2.24, 2.45) is 0 Å². The number of nitrogens with zero attached hydrogens (tertiary/aromatic N) is 4. The highest BCUT2D eigenvalue weighted by Crippen LogP contribution is 2.28. The molecule has 6 nitrogen and oxygen atoms in total. The van der Waals surface area contributed by atoms with E-state index in [-0.39, 0.29) is 16.5 Å². The second kappa shape index (κ2) is 7.84. The van der Waals surface area contributed by atoms with E-state index in [9.17, 15) is 18.0 Å². The minimum atomic E-state index is -4.57. The summed E-state index contributed by atoms with van der Waals surface area (Å²) in [6, 6.07) is 8.02. The number of carbonyl (C=O) groups excluding carboxylic acids is 1. The quantitative estimate of drug-likeness (QED) is 0.650. The number of alkyl halides is 3. The lowest BCUT2D eigenvalue weighted by Gasteiger charge is -2.05. The highest BCUT2D eigenvalue weighted by molar-refractivity contribution is 6.33. The number of anilines is 1. The fraction of sp³-hybridized carbons (Fsp3) is 0.235. The predicted molar refractivity (Wildman–Crippen MR) is 98.4 cm³/mol. The largest absolute Gasteiger partial charge is 0.435 e. The molecule has 3 rings (SSSR count). The molecule has 0 atom stereocenters. The zero-order valence-corrected chi connectivity index (χ0v) is 16.0. The number of benzene rings is 1. The van der Waals surface area contributed by atoms with Crippen molar-refractivity contribution in [2.75, 3.05) is 5.32 Å². The van der Waals surface area contributed by atoms with Gasteiger partial charge in [-0.2, -0.15) is 23.4 Å². The van der Waals surface area contributed by atoms with Crippen LogP contribution in [-0.4, -0.2) is 25.5 Å². The van der Waals surface area contributed by atoms with Gasteiger partial charge < -0.3 is 5.32 Å². The number of carbonyl (C=O) groups is 1. The monoisotopic (exact) mass is 431 g/mol. The summed E-state index contributed by atoms with van der Waals surface area (Å²) < 4.78 is 40.6. The molecule has 0 saturated heterocycles. The van der Waals surface area contributed by atoms with E-state index in [4.69, 9.17) is 23.2 Å². The lowest BCUT2D eigenvalue weighted by Crippen LogP contribution is -2.21. The van der Waals surface area contributed by atoms with Crippen LogP contribution in [0.1, 0.15) is 17.0 Å². The van der Waals surface area contributed by atoms with Crippen LogP contribution in [0.15, 0.2) is 36.5 Å². The number of nitrogens with one attached hydrogen (secondary N) is 1. The Kier molecular flexibility index (Phi) is 5.66. The second-order valence-electron chi connectivity index (χ2n) is 6.02. The summed E-state index contributed by atoms with van der Waals surface area (Å²) in [4.78, 5) is 12.2. The van der Waals surface area contributed by atoms with Crippen LogP contribution in [0.4, 0.5) is 19.0 Å². The van der Waals surface area contributed by atoms with Crippen molar-refractivity contribution in [2.45, 2.75) is 26.2 Å². The molecule has 0 saturated carbocycles. The van der Waals surface area contributed by atoms with Crippen molar-refractivity contribution in [3.8, 4) is 0 Å². The molecule has 1 aromatic carbocycles. The third kappa shape index (κ3) is 4.85. The van der Waals surface area contributed by atoms with Crippen molar-refractivity contribution >= 4 is 34.9 Å². The van der Waals surface area contributed by atoms with E-state index in [0.29, 0.717) is 11.6 Å². The third-order valence-corrected chi connectivity index (χ3v) is 4.33. The Labute approximate surface area is 167 Å². The molecule has 11 heteroatoms. The maximum absolute atomic E-state index is 12.7. The second-order valence-corrected chi connectivity index (χ2v) is 6.87. The summed E-state index contributed by atoms with van der Waals surface area (Å²) in [5.74, 6) is -0.486. The van der Waals surface area contributed by atoms with E-state index in [2.05, 4.69) is 15.5 Å². The summed E-state index contributed by atoms with van der Waals surface area (Å²) in [5, 5.41) is 10.9. The third-order valence-electron chi connectivity index (χ3n) is 3.80. The molecular formula is C17H14Cl2F3N5O. The fourth-order valence-electron chi connectivity index (χ4n) is 2.46. The molecule has 1 N–H and O–H groups in total. The molecule has 28 heavy (non-hydrogen) atoms. The summed E-state index contributed by atoms with van der Waals surface area (Å²) >= 11 is 11.9. The van der Waals surface area contributed by atoms with Gasteiger partial charge in [0, 0.05) is 16.9 Å². The van der Waals surface area contributed by atoms with Gasteiger partial charge in [0.05, 0.1) is 6.54 Å². The molecule has 0 unspecified atom stereocenters. The predicted octanol–water partition coefficient (Wildman–Crippen LogP) is 4.40. The number of aryl methyl sites for hydroxylation is 1. The molecular weight excluding hydrogens is 418 g/mol. The van der Waals surface area contributed by atoms with Crippen LogP contribution >= 0.6 is 23.2 Å². The van der Waals surface area contributed by atoms with Crippen LogP contribution < -0.4 is 5.32 Å². The van der Waals surface area contributed by atoms with Crippen molar-refractivity contribution in [3.63, 3.8) is 0 Å². The standard InChI is InChI=1S/C17H14Cl2F3N5O/c1-10-6-14(17(20,21)22)24-27(10)9-15(28)23-16-13(19)8-26(25-16)7-11-2-4-12(18)5-3-11/h2-6,8H,7,9H2,1H3,(H,23,25,28). The van der Waals surface area contributed by atoms with Gasteiger partial charge in [-0.15, -0.1) is 0 Å². The van der Waals surface area contributed by atoms with Gasteiger partial charge >= 0.3 is 6.18 Å². The molecule has 0 aliphatic carbocycles. The van der Waals surface area contributed by atoms with E-state index in [1.54, 1.807) is 12.1 Å². The Morgan fingerprint density at radius 2 is 1.86 bits per heavy atom. The van der Waals surface area contributed by atoms with Crippen molar-refractivity contribution in [1.29, 1.82) is 0 Å². The van der Waals surface area contributed by atoms with Gasteiger partial charge in [-0.05, 0) is 30.7 Å². The summed E-state index contributed by atoms with van der Waals surface area (Å²) in [7, 11) is 0. The fourth-order valence-corrected chi connectivity index (χ4v) is 2.78. The first kappa shape index (κ1) is 20.2. The van der Waals surface area contributed by atoms with Gasteiger partial charge in [0.1, 0.15) is 11.6 Å². The van der Waals surface area contributed by atoms with Crippen molar-refractivity contribution < 1.29 is 18.0 Å². The van der Waals surface area contributed by atoms with E-state index in [0.717, 1.165) is 16.3 Å². The van der Waals surface area contributed by atoms with E-state index in [1.807, 2.05) is 12.1 Å². The molecule has 0 aliphatic heterocycles. The Balaban J connectivity index is 1.67. The van der Waals surface area contributed by atoms with Crippen LogP contribution in [0, 0.1) is 6.92 Å². The van der Waals surface area contributed by atoms with Crippen LogP contribution in [0.25, 0.3) is 0 Å². The average molecular weight is 432 g/mol. The average Bonchev–Trinajstić information content (AvgIpc) is 3.13. The summed E-state index contributed by atoms with van der Waals surface area (Å²) in [6.45, 7) is 1.44. The van der Waals surface area contributed by atoms with Gasteiger partial charge in [-0.25, -0.2) is 0 Å². The van der Waals surface area contributed by atoms with Gasteiger partial charge in [-0.1, -0.05) is 35.3 Å². The van der Waals surface area contributed by atoms with Gasteiger partial charge in [0.25, 0.3) is 0 Å². The SMILES string of the molecule is Cc1cc(C(F)(F)F)nn1CC(=O)Nc1nn(Cc2ccc(Cl)cc2)cc1Cl. The topological polar surface area (TPSA) is 64.7 Å². The first-order chi connectivity index (χ1) is 13.1. The van der Waals surface area contributed by atoms with Gasteiger partial charge in [0.15, 0.2) is 11.5 Å². The number of rotatable bonds is 5. The normalized spacial score (nSPS) is 11.6. The molecule has 148 valence electrons. The summed E-state index contributed by atoms with van der Waals surface area (Å²) in [5.41, 5.74) is 0.0817. The first-order valence-electron chi connectivity index (χ1n) is 8.01. The van der Waals surface area contributed by atoms with Crippen molar-refractivity contribution in [3.05, 3.63) is 63.5 Å². The number of amides is 1. The van der Waals surface area contributed by atoms with Crippen LogP contribution in [0.2, 0.25) is 10.0 Å². The summed E-state index contributed by atoms with van der Waals surface area (Å²) in [6.07, 6.45) is -3.04. The van der Waals surface area contributed by atoms with E-state index in [1.165, 1.54) is 17.8 Å². The van der Waals surface area contributed by atoms with E-state index >= 15 is 0 Å². The number of hydrogen-bond acceptors (Lipinski definition) is 3.